The van der Waals surface area contributed by atoms with Gasteiger partial charge in [0.15, 0.2) is 0 Å². The van der Waals surface area contributed by atoms with Gasteiger partial charge in [-0.15, -0.1) is 11.8 Å². The van der Waals surface area contributed by atoms with E-state index in [1.807, 2.05) is 55.5 Å². The molecule has 0 spiro atoms. The Balaban J connectivity index is 1.66. The van der Waals surface area contributed by atoms with E-state index in [0.29, 0.717) is 12.3 Å². The Bertz CT molecular complexity index is 745. The molecular weight excluding hydrogens is 308 g/mol. The van der Waals surface area contributed by atoms with Crippen LogP contribution in [-0.4, -0.2) is 24.1 Å². The molecule has 2 aromatic rings. The first-order valence-electron chi connectivity index (χ1n) is 7.48. The standard InChI is InChI=1S/C18H18N2O2S/c1-13-6-2-3-7-14(13)10-19-17(21)11-20-15-8-4-5-9-16(15)23-12-18(20)22/h2-9H,10-12H2,1H3,(H,19,21). The summed E-state index contributed by atoms with van der Waals surface area (Å²) >= 11 is 1.52. The summed E-state index contributed by atoms with van der Waals surface area (Å²) in [5, 5.41) is 2.90. The zero-order chi connectivity index (χ0) is 16.2. The van der Waals surface area contributed by atoms with Crippen LogP contribution < -0.4 is 10.2 Å². The van der Waals surface area contributed by atoms with Crippen LogP contribution in [0.25, 0.3) is 0 Å². The van der Waals surface area contributed by atoms with E-state index < -0.39 is 0 Å². The number of rotatable bonds is 4. The number of hydrogen-bond donors (Lipinski definition) is 1. The molecule has 1 aliphatic rings. The average molecular weight is 326 g/mol. The van der Waals surface area contributed by atoms with E-state index in [2.05, 4.69) is 5.32 Å². The minimum Gasteiger partial charge on any atom is -0.350 e. The Hall–Kier alpha value is -2.27. The number of amides is 2. The maximum atomic E-state index is 12.2. The van der Waals surface area contributed by atoms with Gasteiger partial charge >= 0.3 is 0 Å². The number of carbonyl (C=O) groups excluding carboxylic acids is 2. The maximum Gasteiger partial charge on any atom is 0.240 e. The topological polar surface area (TPSA) is 49.4 Å². The number of carbonyl (C=O) groups is 2. The summed E-state index contributed by atoms with van der Waals surface area (Å²) < 4.78 is 0. The summed E-state index contributed by atoms with van der Waals surface area (Å²) in [4.78, 5) is 27.0. The van der Waals surface area contributed by atoms with Gasteiger partial charge in [0.05, 0.1) is 11.4 Å². The Morgan fingerprint density at radius 2 is 1.91 bits per heavy atom. The molecule has 0 saturated heterocycles. The van der Waals surface area contributed by atoms with Crippen LogP contribution >= 0.6 is 11.8 Å². The van der Waals surface area contributed by atoms with Crippen LogP contribution in [0.3, 0.4) is 0 Å². The number of thioether (sulfide) groups is 1. The van der Waals surface area contributed by atoms with Gasteiger partial charge in [0.1, 0.15) is 6.54 Å². The van der Waals surface area contributed by atoms with Crippen molar-refractivity contribution in [1.82, 2.24) is 5.32 Å². The summed E-state index contributed by atoms with van der Waals surface area (Å²) in [5.41, 5.74) is 3.05. The molecule has 118 valence electrons. The van der Waals surface area contributed by atoms with Gasteiger partial charge in [-0.1, -0.05) is 36.4 Å². The monoisotopic (exact) mass is 326 g/mol. The third kappa shape index (κ3) is 3.56. The van der Waals surface area contributed by atoms with Crippen molar-refractivity contribution in [2.75, 3.05) is 17.2 Å². The highest BCUT2D eigenvalue weighted by molar-refractivity contribution is 8.00. The number of nitrogens with zero attached hydrogens (tertiary/aromatic N) is 1. The number of anilines is 1. The zero-order valence-corrected chi connectivity index (χ0v) is 13.7. The Labute approximate surface area is 139 Å². The molecule has 0 fully saturated rings. The van der Waals surface area contributed by atoms with Crippen molar-refractivity contribution in [1.29, 1.82) is 0 Å². The summed E-state index contributed by atoms with van der Waals surface area (Å²) in [6.45, 7) is 2.55. The third-order valence-electron chi connectivity index (χ3n) is 3.85. The SMILES string of the molecule is Cc1ccccc1CNC(=O)CN1C(=O)CSc2ccccc21. The number of benzene rings is 2. The largest absolute Gasteiger partial charge is 0.350 e. The zero-order valence-electron chi connectivity index (χ0n) is 12.9. The van der Waals surface area contributed by atoms with E-state index in [4.69, 9.17) is 0 Å². The highest BCUT2D eigenvalue weighted by Crippen LogP contribution is 2.34. The fourth-order valence-electron chi connectivity index (χ4n) is 2.53. The smallest absolute Gasteiger partial charge is 0.240 e. The van der Waals surface area contributed by atoms with E-state index in [9.17, 15) is 9.59 Å². The number of aryl methyl sites for hydroxylation is 1. The highest BCUT2D eigenvalue weighted by atomic mass is 32.2. The van der Waals surface area contributed by atoms with Crippen molar-refractivity contribution < 1.29 is 9.59 Å². The second-order valence-corrected chi connectivity index (χ2v) is 6.46. The lowest BCUT2D eigenvalue weighted by Gasteiger charge is -2.28. The predicted molar refractivity (Wildman–Crippen MR) is 92.5 cm³/mol. The Kier molecular flexibility index (Phi) is 4.67. The second-order valence-electron chi connectivity index (χ2n) is 5.44. The molecule has 0 aromatic heterocycles. The molecule has 0 bridgehead atoms. The van der Waals surface area contributed by atoms with Gasteiger partial charge in [-0.3, -0.25) is 9.59 Å². The molecule has 2 aromatic carbocycles. The molecule has 3 rings (SSSR count). The van der Waals surface area contributed by atoms with Crippen molar-refractivity contribution in [3.8, 4) is 0 Å². The van der Waals surface area contributed by atoms with E-state index >= 15 is 0 Å². The van der Waals surface area contributed by atoms with E-state index in [-0.39, 0.29) is 18.4 Å². The maximum absolute atomic E-state index is 12.2. The quantitative estimate of drug-likeness (QED) is 0.940. The molecule has 0 radical (unpaired) electrons. The minimum absolute atomic E-state index is 0.0280. The molecule has 0 aliphatic carbocycles. The van der Waals surface area contributed by atoms with Crippen LogP contribution in [0.2, 0.25) is 0 Å². The minimum atomic E-state index is -0.150. The number of para-hydroxylation sites is 1. The van der Waals surface area contributed by atoms with Crippen LogP contribution in [0.15, 0.2) is 53.4 Å². The predicted octanol–water partition coefficient (Wildman–Crippen LogP) is 2.75. The first kappa shape index (κ1) is 15.6. The van der Waals surface area contributed by atoms with Gasteiger partial charge in [-0.25, -0.2) is 0 Å². The fourth-order valence-corrected chi connectivity index (χ4v) is 3.46. The second kappa shape index (κ2) is 6.87. The number of hydrogen-bond acceptors (Lipinski definition) is 3. The molecule has 0 atom stereocenters. The summed E-state index contributed by atoms with van der Waals surface area (Å²) in [7, 11) is 0. The van der Waals surface area contributed by atoms with Crippen LogP contribution in [0.4, 0.5) is 5.69 Å². The summed E-state index contributed by atoms with van der Waals surface area (Å²) in [6, 6.07) is 15.6. The molecule has 0 unspecified atom stereocenters. The first-order chi connectivity index (χ1) is 11.1. The lowest BCUT2D eigenvalue weighted by atomic mass is 10.1. The molecule has 1 N–H and O–H groups in total. The van der Waals surface area contributed by atoms with Gasteiger partial charge in [0, 0.05) is 11.4 Å². The van der Waals surface area contributed by atoms with Crippen LogP contribution in [0.5, 0.6) is 0 Å². The number of nitrogens with one attached hydrogen (secondary N) is 1. The van der Waals surface area contributed by atoms with Gasteiger partial charge in [0.25, 0.3) is 0 Å². The third-order valence-corrected chi connectivity index (χ3v) is 4.89. The Morgan fingerprint density at radius 1 is 1.17 bits per heavy atom. The van der Waals surface area contributed by atoms with E-state index in [1.54, 1.807) is 4.90 Å². The van der Waals surface area contributed by atoms with E-state index in [0.717, 1.165) is 21.7 Å². The van der Waals surface area contributed by atoms with Crippen molar-refractivity contribution >= 4 is 29.3 Å². The van der Waals surface area contributed by atoms with Crippen molar-refractivity contribution in [2.45, 2.75) is 18.4 Å². The van der Waals surface area contributed by atoms with Crippen molar-refractivity contribution in [3.05, 3.63) is 59.7 Å². The highest BCUT2D eigenvalue weighted by Gasteiger charge is 2.26. The van der Waals surface area contributed by atoms with Gasteiger partial charge < -0.3 is 10.2 Å². The summed E-state index contributed by atoms with van der Waals surface area (Å²) in [5.74, 6) is 0.199. The molecular formula is C18H18N2O2S. The molecule has 1 heterocycles. The average Bonchev–Trinajstić information content (AvgIpc) is 2.57. The number of fused-ring (bicyclic) bond motifs is 1. The Morgan fingerprint density at radius 3 is 2.74 bits per heavy atom. The summed E-state index contributed by atoms with van der Waals surface area (Å²) in [6.07, 6.45) is 0. The molecule has 23 heavy (non-hydrogen) atoms. The molecule has 1 aliphatic heterocycles. The normalized spacial score (nSPS) is 13.6. The first-order valence-corrected chi connectivity index (χ1v) is 8.47. The van der Waals surface area contributed by atoms with Crippen LogP contribution in [0.1, 0.15) is 11.1 Å². The van der Waals surface area contributed by atoms with Gasteiger partial charge in [-0.2, -0.15) is 0 Å². The fraction of sp³-hybridized carbons (Fsp3) is 0.222. The van der Waals surface area contributed by atoms with Gasteiger partial charge in [-0.05, 0) is 30.2 Å². The van der Waals surface area contributed by atoms with Gasteiger partial charge in [0.2, 0.25) is 11.8 Å². The van der Waals surface area contributed by atoms with Crippen molar-refractivity contribution in [3.63, 3.8) is 0 Å². The van der Waals surface area contributed by atoms with Crippen molar-refractivity contribution in [2.24, 2.45) is 0 Å². The lowest BCUT2D eigenvalue weighted by molar-refractivity contribution is -0.123. The molecule has 4 nitrogen and oxygen atoms in total. The molecule has 0 saturated carbocycles. The van der Waals surface area contributed by atoms with Crippen LogP contribution in [0, 0.1) is 6.92 Å². The lowest BCUT2D eigenvalue weighted by Crippen LogP contribution is -2.43. The van der Waals surface area contributed by atoms with Crippen LogP contribution in [-0.2, 0) is 16.1 Å². The molecule has 5 heteroatoms. The molecule has 2 amide bonds. The van der Waals surface area contributed by atoms with E-state index in [1.165, 1.54) is 11.8 Å².